The summed E-state index contributed by atoms with van der Waals surface area (Å²) in [5, 5.41) is 5.95. The third kappa shape index (κ3) is 6.74. The molecule has 0 fully saturated rings. The maximum atomic E-state index is 12.1. The van der Waals surface area contributed by atoms with E-state index in [-0.39, 0.29) is 12.5 Å². The summed E-state index contributed by atoms with van der Waals surface area (Å²) in [5.41, 5.74) is 2.68. The van der Waals surface area contributed by atoms with E-state index in [1.165, 1.54) is 0 Å². The van der Waals surface area contributed by atoms with Gasteiger partial charge in [-0.1, -0.05) is 43.0 Å². The van der Waals surface area contributed by atoms with Gasteiger partial charge in [0.15, 0.2) is 0 Å². The predicted octanol–water partition coefficient (Wildman–Crippen LogP) is 4.88. The van der Waals surface area contributed by atoms with Crippen LogP contribution in [0.4, 0.5) is 11.4 Å². The number of ether oxygens (including phenoxy) is 2. The van der Waals surface area contributed by atoms with Gasteiger partial charge in [0.1, 0.15) is 24.7 Å². The van der Waals surface area contributed by atoms with Crippen molar-refractivity contribution in [2.45, 2.75) is 6.61 Å². The van der Waals surface area contributed by atoms with Crippen molar-refractivity contribution in [3.8, 4) is 11.5 Å². The van der Waals surface area contributed by atoms with Gasteiger partial charge in [-0.05, 0) is 54.1 Å². The van der Waals surface area contributed by atoms with Crippen molar-refractivity contribution < 1.29 is 14.3 Å². The van der Waals surface area contributed by atoms with Crippen LogP contribution in [0, 0.1) is 0 Å². The van der Waals surface area contributed by atoms with Gasteiger partial charge in [-0.15, -0.1) is 0 Å². The molecule has 0 spiro atoms. The van der Waals surface area contributed by atoms with Crippen molar-refractivity contribution in [3.05, 3.63) is 97.1 Å². The number of hydrogen-bond acceptors (Lipinski definition) is 4. The van der Waals surface area contributed by atoms with Crippen LogP contribution in [0.3, 0.4) is 0 Å². The van der Waals surface area contributed by atoms with Crippen LogP contribution in [0.1, 0.15) is 5.56 Å². The molecule has 3 aromatic carbocycles. The summed E-state index contributed by atoms with van der Waals surface area (Å²) < 4.78 is 11.2. The second-order valence-electron chi connectivity index (χ2n) is 6.32. The number of amides is 1. The summed E-state index contributed by atoms with van der Waals surface area (Å²) >= 11 is 0. The van der Waals surface area contributed by atoms with Crippen LogP contribution in [-0.4, -0.2) is 19.1 Å². The fraction of sp³-hybridized carbons (Fsp3) is 0.125. The zero-order chi connectivity index (χ0) is 20.3. The number of rotatable bonds is 10. The molecule has 3 aromatic rings. The standard InChI is InChI=1S/C24H24N2O3/c1-2-16-28-22-14-10-21(11-15-22)26-24(27)17-25-20-8-12-23(13-9-20)29-18-19-6-4-3-5-7-19/h2-15,25H,1,16-18H2,(H,26,27). The van der Waals surface area contributed by atoms with Crippen molar-refractivity contribution in [1.82, 2.24) is 0 Å². The topological polar surface area (TPSA) is 59.6 Å². The zero-order valence-corrected chi connectivity index (χ0v) is 16.1. The summed E-state index contributed by atoms with van der Waals surface area (Å²) in [6.07, 6.45) is 1.68. The lowest BCUT2D eigenvalue weighted by molar-refractivity contribution is -0.114. The van der Waals surface area contributed by atoms with Crippen LogP contribution in [0.2, 0.25) is 0 Å². The Hall–Kier alpha value is -3.73. The molecular weight excluding hydrogens is 364 g/mol. The Kier molecular flexibility index (Phi) is 7.29. The molecule has 1 amide bonds. The Morgan fingerprint density at radius 2 is 1.45 bits per heavy atom. The van der Waals surface area contributed by atoms with Crippen molar-refractivity contribution in [2.75, 3.05) is 23.8 Å². The molecule has 0 bridgehead atoms. The number of hydrogen-bond donors (Lipinski definition) is 2. The van der Waals surface area contributed by atoms with Crippen LogP contribution >= 0.6 is 0 Å². The average molecular weight is 388 g/mol. The first-order valence-electron chi connectivity index (χ1n) is 9.37. The molecule has 0 aliphatic rings. The second-order valence-corrected chi connectivity index (χ2v) is 6.32. The van der Waals surface area contributed by atoms with Gasteiger partial charge in [0.05, 0.1) is 6.54 Å². The Balaban J connectivity index is 1.42. The van der Waals surface area contributed by atoms with Gasteiger partial charge in [-0.2, -0.15) is 0 Å². The fourth-order valence-corrected chi connectivity index (χ4v) is 2.59. The van der Waals surface area contributed by atoms with Crippen molar-refractivity contribution in [1.29, 1.82) is 0 Å². The van der Waals surface area contributed by atoms with Gasteiger partial charge in [-0.3, -0.25) is 4.79 Å². The number of anilines is 2. The molecule has 148 valence electrons. The maximum Gasteiger partial charge on any atom is 0.243 e. The molecule has 0 radical (unpaired) electrons. The van der Waals surface area contributed by atoms with Gasteiger partial charge >= 0.3 is 0 Å². The third-order valence-corrected chi connectivity index (χ3v) is 4.06. The van der Waals surface area contributed by atoms with E-state index in [1.807, 2.05) is 54.6 Å². The van der Waals surface area contributed by atoms with E-state index in [0.29, 0.717) is 18.9 Å². The largest absolute Gasteiger partial charge is 0.490 e. The van der Waals surface area contributed by atoms with Gasteiger partial charge in [0, 0.05) is 11.4 Å². The van der Waals surface area contributed by atoms with Gasteiger partial charge in [0.2, 0.25) is 5.91 Å². The van der Waals surface area contributed by atoms with E-state index in [4.69, 9.17) is 9.47 Å². The molecule has 0 heterocycles. The molecule has 2 N–H and O–H groups in total. The van der Waals surface area contributed by atoms with E-state index in [1.54, 1.807) is 30.3 Å². The lowest BCUT2D eigenvalue weighted by Crippen LogP contribution is -2.21. The smallest absolute Gasteiger partial charge is 0.243 e. The summed E-state index contributed by atoms with van der Waals surface area (Å²) in [6, 6.07) is 24.8. The summed E-state index contributed by atoms with van der Waals surface area (Å²) in [5.74, 6) is 1.38. The number of benzene rings is 3. The number of nitrogens with one attached hydrogen (secondary N) is 2. The molecule has 0 aromatic heterocycles. The third-order valence-electron chi connectivity index (χ3n) is 4.06. The first kappa shape index (κ1) is 20.0. The lowest BCUT2D eigenvalue weighted by Gasteiger charge is -2.10. The molecular formula is C24H24N2O3. The minimum absolute atomic E-state index is 0.130. The summed E-state index contributed by atoms with van der Waals surface area (Å²) in [6.45, 7) is 4.75. The van der Waals surface area contributed by atoms with Gasteiger partial charge in [0.25, 0.3) is 0 Å². The summed E-state index contributed by atoms with van der Waals surface area (Å²) in [4.78, 5) is 12.1. The number of carbonyl (C=O) groups is 1. The molecule has 5 heteroatoms. The molecule has 0 atom stereocenters. The van der Waals surface area contributed by atoms with Crippen LogP contribution in [-0.2, 0) is 11.4 Å². The van der Waals surface area contributed by atoms with Crippen LogP contribution in [0.15, 0.2) is 91.5 Å². The van der Waals surface area contributed by atoms with E-state index in [2.05, 4.69) is 17.2 Å². The normalized spacial score (nSPS) is 10.1. The van der Waals surface area contributed by atoms with Crippen LogP contribution in [0.25, 0.3) is 0 Å². The highest BCUT2D eigenvalue weighted by Crippen LogP contribution is 2.18. The lowest BCUT2D eigenvalue weighted by atomic mass is 10.2. The molecule has 0 saturated carbocycles. The number of carbonyl (C=O) groups excluding carboxylic acids is 1. The highest BCUT2D eigenvalue weighted by Gasteiger charge is 2.03. The first-order valence-corrected chi connectivity index (χ1v) is 9.37. The van der Waals surface area contributed by atoms with E-state index in [0.717, 1.165) is 22.7 Å². The van der Waals surface area contributed by atoms with Crippen LogP contribution < -0.4 is 20.1 Å². The molecule has 5 nitrogen and oxygen atoms in total. The Morgan fingerprint density at radius 3 is 2.10 bits per heavy atom. The fourth-order valence-electron chi connectivity index (χ4n) is 2.59. The summed E-state index contributed by atoms with van der Waals surface area (Å²) in [7, 11) is 0. The molecule has 0 aliphatic carbocycles. The minimum atomic E-state index is -0.130. The zero-order valence-electron chi connectivity index (χ0n) is 16.1. The quantitative estimate of drug-likeness (QED) is 0.486. The maximum absolute atomic E-state index is 12.1. The molecule has 0 unspecified atom stereocenters. The van der Waals surface area contributed by atoms with E-state index >= 15 is 0 Å². The molecule has 29 heavy (non-hydrogen) atoms. The second kappa shape index (κ2) is 10.6. The predicted molar refractivity (Wildman–Crippen MR) is 116 cm³/mol. The molecule has 3 rings (SSSR count). The first-order chi connectivity index (χ1) is 14.2. The SMILES string of the molecule is C=CCOc1ccc(NC(=O)CNc2ccc(OCc3ccccc3)cc2)cc1. The van der Waals surface area contributed by atoms with Crippen molar-refractivity contribution in [2.24, 2.45) is 0 Å². The van der Waals surface area contributed by atoms with Gasteiger partial charge in [-0.25, -0.2) is 0 Å². The Bertz CT molecular complexity index is 907. The van der Waals surface area contributed by atoms with E-state index < -0.39 is 0 Å². The molecule has 0 saturated heterocycles. The van der Waals surface area contributed by atoms with Crippen molar-refractivity contribution >= 4 is 17.3 Å². The highest BCUT2D eigenvalue weighted by atomic mass is 16.5. The molecule has 0 aliphatic heterocycles. The Morgan fingerprint density at radius 1 is 0.828 bits per heavy atom. The Labute approximate surface area is 171 Å². The highest BCUT2D eigenvalue weighted by molar-refractivity contribution is 5.93. The van der Waals surface area contributed by atoms with Crippen LogP contribution in [0.5, 0.6) is 11.5 Å². The average Bonchev–Trinajstić information content (AvgIpc) is 2.77. The minimum Gasteiger partial charge on any atom is -0.490 e. The van der Waals surface area contributed by atoms with Gasteiger partial charge < -0.3 is 20.1 Å². The van der Waals surface area contributed by atoms with Crippen molar-refractivity contribution in [3.63, 3.8) is 0 Å². The van der Waals surface area contributed by atoms with E-state index in [9.17, 15) is 4.79 Å². The monoisotopic (exact) mass is 388 g/mol.